The molecule has 0 atom stereocenters. The average molecular weight is 543 g/mol. The fraction of sp³-hybridized carbons (Fsp3) is 0.500. The first kappa shape index (κ1) is 37.4. The molecule has 0 nitrogen and oxygen atoms in total. The number of hydrogen-bond donors (Lipinski definition) is 0. The lowest BCUT2D eigenvalue weighted by atomic mass is 10.0. The topological polar surface area (TPSA) is 0 Å². The van der Waals surface area contributed by atoms with E-state index >= 15 is 0 Å². The SMILES string of the molecule is CC(C)=CCCC(C)=CC=CC(C)=CCC/C(C)=C/C=CC=C(C)CCC=C(C)CCC=C(C)CCC=C(C)C. The molecule has 0 radical (unpaired) electrons. The summed E-state index contributed by atoms with van der Waals surface area (Å²) in [5.41, 5.74) is 11.5. The minimum absolute atomic E-state index is 1.08. The van der Waals surface area contributed by atoms with Crippen molar-refractivity contribution in [2.45, 2.75) is 133 Å². The van der Waals surface area contributed by atoms with Gasteiger partial charge in [0.1, 0.15) is 0 Å². The maximum absolute atomic E-state index is 2.42. The molecule has 0 N–H and O–H groups in total. The molecule has 0 amide bonds. The molecular weight excluding hydrogens is 480 g/mol. The molecule has 0 aromatic rings. The molecule has 0 fully saturated rings. The Balaban J connectivity index is 4.36. The van der Waals surface area contributed by atoms with E-state index in [4.69, 9.17) is 0 Å². The standard InChI is InChI=1S/C40H62/c1-33(2)19-13-23-37(7)27-17-31-39(9)29-15-25-35(5)21-11-12-22-36(6)26-16-30-40(10)32-18-28-38(8)24-14-20-34(3)4/h11-12,17,19-22,27-31H,13-16,18,23-26,32H2,1-10H3/b12-11?,31-17?,35-21+,36-22?,37-27?,38-28?,39-29?,40-30?. The second-order valence-corrected chi connectivity index (χ2v) is 12.1. The first-order valence-electron chi connectivity index (χ1n) is 15.6. The lowest BCUT2D eigenvalue weighted by Crippen LogP contribution is -1.82. The quantitative estimate of drug-likeness (QED) is 0.112. The first-order chi connectivity index (χ1) is 19.0. The molecule has 0 heterocycles. The van der Waals surface area contributed by atoms with Gasteiger partial charge >= 0.3 is 0 Å². The van der Waals surface area contributed by atoms with Gasteiger partial charge in [0.05, 0.1) is 0 Å². The summed E-state index contributed by atoms with van der Waals surface area (Å²) in [6.07, 6.45) is 38.8. The van der Waals surface area contributed by atoms with Gasteiger partial charge in [-0.3, -0.25) is 0 Å². The lowest BCUT2D eigenvalue weighted by molar-refractivity contribution is 0.900. The number of rotatable bonds is 19. The summed E-state index contributed by atoms with van der Waals surface area (Å²) in [5.74, 6) is 0. The van der Waals surface area contributed by atoms with Crippen molar-refractivity contribution in [3.8, 4) is 0 Å². The zero-order valence-electron chi connectivity index (χ0n) is 28.0. The molecule has 0 aromatic heterocycles. The summed E-state index contributed by atoms with van der Waals surface area (Å²) in [7, 11) is 0. The van der Waals surface area contributed by atoms with E-state index < -0.39 is 0 Å². The van der Waals surface area contributed by atoms with Gasteiger partial charge in [0, 0.05) is 0 Å². The smallest absolute Gasteiger partial charge is 0.0285 e. The van der Waals surface area contributed by atoms with Crippen LogP contribution in [0.2, 0.25) is 0 Å². The van der Waals surface area contributed by atoms with Crippen molar-refractivity contribution in [2.24, 2.45) is 0 Å². The maximum Gasteiger partial charge on any atom is -0.0285 e. The predicted octanol–water partition coefficient (Wildman–Crippen LogP) is 13.6. The molecule has 0 aliphatic heterocycles. The Morgan fingerprint density at radius 3 is 1.07 bits per heavy atom. The third-order valence-corrected chi connectivity index (χ3v) is 6.86. The third kappa shape index (κ3) is 25.7. The number of hydrogen-bond acceptors (Lipinski definition) is 0. The van der Waals surface area contributed by atoms with Crippen LogP contribution < -0.4 is 0 Å². The summed E-state index contributed by atoms with van der Waals surface area (Å²) in [4.78, 5) is 0. The highest BCUT2D eigenvalue weighted by atomic mass is 14.0. The van der Waals surface area contributed by atoms with Gasteiger partial charge < -0.3 is 0 Å². The van der Waals surface area contributed by atoms with Crippen molar-refractivity contribution in [1.82, 2.24) is 0 Å². The van der Waals surface area contributed by atoms with Gasteiger partial charge in [0.15, 0.2) is 0 Å². The van der Waals surface area contributed by atoms with Gasteiger partial charge in [-0.25, -0.2) is 0 Å². The maximum atomic E-state index is 2.42. The van der Waals surface area contributed by atoms with Crippen molar-refractivity contribution < 1.29 is 0 Å². The molecule has 0 aromatic carbocycles. The van der Waals surface area contributed by atoms with E-state index in [1.54, 1.807) is 0 Å². The molecule has 0 unspecified atom stereocenters. The van der Waals surface area contributed by atoms with Crippen LogP contribution in [0.15, 0.2) is 117 Å². The second-order valence-electron chi connectivity index (χ2n) is 12.1. The molecule has 0 aliphatic carbocycles. The minimum Gasteiger partial charge on any atom is -0.0856 e. The molecule has 0 saturated heterocycles. The van der Waals surface area contributed by atoms with Gasteiger partial charge in [-0.2, -0.15) is 0 Å². The van der Waals surface area contributed by atoms with Crippen LogP contribution in [0.3, 0.4) is 0 Å². The Bertz CT molecular complexity index is 1010. The van der Waals surface area contributed by atoms with Crippen molar-refractivity contribution in [3.63, 3.8) is 0 Å². The van der Waals surface area contributed by atoms with Crippen LogP contribution in [0, 0.1) is 0 Å². The summed E-state index contributed by atoms with van der Waals surface area (Å²) < 4.78 is 0. The molecule has 0 rings (SSSR count). The van der Waals surface area contributed by atoms with E-state index in [2.05, 4.69) is 142 Å². The largest absolute Gasteiger partial charge is 0.0856 e. The zero-order valence-corrected chi connectivity index (χ0v) is 28.0. The van der Waals surface area contributed by atoms with E-state index in [1.165, 1.54) is 63.8 Å². The zero-order chi connectivity index (χ0) is 30.2. The summed E-state index contributed by atoms with van der Waals surface area (Å²) in [6.45, 7) is 22.1. The fourth-order valence-electron chi connectivity index (χ4n) is 4.12. The monoisotopic (exact) mass is 542 g/mol. The molecule has 0 saturated carbocycles. The predicted molar refractivity (Wildman–Crippen MR) is 186 cm³/mol. The molecular formula is C40H62. The van der Waals surface area contributed by atoms with Crippen LogP contribution in [0.5, 0.6) is 0 Å². The van der Waals surface area contributed by atoms with Crippen LogP contribution in [0.1, 0.15) is 133 Å². The van der Waals surface area contributed by atoms with E-state index in [0.29, 0.717) is 0 Å². The van der Waals surface area contributed by atoms with Crippen LogP contribution in [-0.4, -0.2) is 0 Å². The van der Waals surface area contributed by atoms with Crippen LogP contribution >= 0.6 is 0 Å². The Morgan fingerprint density at radius 1 is 0.350 bits per heavy atom. The fourth-order valence-corrected chi connectivity index (χ4v) is 4.12. The van der Waals surface area contributed by atoms with Gasteiger partial charge in [0.25, 0.3) is 0 Å². The Hall–Kier alpha value is -2.60. The average Bonchev–Trinajstić information content (AvgIpc) is 2.86. The molecule has 0 spiro atoms. The first-order valence-corrected chi connectivity index (χ1v) is 15.6. The molecule has 0 bridgehead atoms. The Labute approximate surface area is 250 Å². The summed E-state index contributed by atoms with van der Waals surface area (Å²) in [5, 5.41) is 0. The van der Waals surface area contributed by atoms with Gasteiger partial charge in [-0.1, -0.05) is 117 Å². The molecule has 40 heavy (non-hydrogen) atoms. The Morgan fingerprint density at radius 2 is 0.675 bits per heavy atom. The van der Waals surface area contributed by atoms with E-state index in [9.17, 15) is 0 Å². The molecule has 0 heteroatoms. The number of allylic oxidation sites excluding steroid dienone is 20. The Kier molecular flexibility index (Phi) is 22.6. The van der Waals surface area contributed by atoms with Crippen molar-refractivity contribution in [2.75, 3.05) is 0 Å². The third-order valence-electron chi connectivity index (χ3n) is 6.86. The van der Waals surface area contributed by atoms with Crippen molar-refractivity contribution >= 4 is 0 Å². The molecule has 222 valence electrons. The highest BCUT2D eigenvalue weighted by Crippen LogP contribution is 2.14. The van der Waals surface area contributed by atoms with Gasteiger partial charge in [-0.05, 0) is 133 Å². The van der Waals surface area contributed by atoms with Crippen molar-refractivity contribution in [1.29, 1.82) is 0 Å². The highest BCUT2D eigenvalue weighted by Gasteiger charge is 1.94. The minimum atomic E-state index is 1.08. The second kappa shape index (κ2) is 24.2. The summed E-state index contributed by atoms with van der Waals surface area (Å²) in [6, 6.07) is 0. The molecule has 0 aliphatic rings. The normalized spacial score (nSPS) is 14.4. The van der Waals surface area contributed by atoms with Gasteiger partial charge in [0.2, 0.25) is 0 Å². The van der Waals surface area contributed by atoms with Gasteiger partial charge in [-0.15, -0.1) is 0 Å². The van der Waals surface area contributed by atoms with Crippen LogP contribution in [0.4, 0.5) is 0 Å². The summed E-state index contributed by atoms with van der Waals surface area (Å²) >= 11 is 0. The lowest BCUT2D eigenvalue weighted by Gasteiger charge is -2.02. The van der Waals surface area contributed by atoms with E-state index in [-0.39, 0.29) is 0 Å². The highest BCUT2D eigenvalue weighted by molar-refractivity contribution is 5.23. The van der Waals surface area contributed by atoms with Crippen molar-refractivity contribution in [3.05, 3.63) is 117 Å². The van der Waals surface area contributed by atoms with Crippen LogP contribution in [0.25, 0.3) is 0 Å². The van der Waals surface area contributed by atoms with E-state index in [0.717, 1.165) is 44.9 Å². The van der Waals surface area contributed by atoms with Crippen LogP contribution in [-0.2, 0) is 0 Å². The van der Waals surface area contributed by atoms with E-state index in [1.807, 2.05) is 0 Å².